The molecule has 0 spiro atoms. The molecule has 138 valence electrons. The minimum Gasteiger partial charge on any atom is -0.456 e. The molecule has 2 N–H and O–H groups in total. The predicted octanol–water partition coefficient (Wildman–Crippen LogP) is 2.02. The lowest BCUT2D eigenvalue weighted by Crippen LogP contribution is -2.67. The van der Waals surface area contributed by atoms with Crippen LogP contribution in [0.4, 0.5) is 0 Å². The first kappa shape index (κ1) is 18.3. The molecule has 5 nitrogen and oxygen atoms in total. The molecule has 0 saturated heterocycles. The number of carbonyl (C=O) groups is 2. The largest absolute Gasteiger partial charge is 0.456 e. The molecule has 0 heterocycles. The molecule has 0 unspecified atom stereocenters. The van der Waals surface area contributed by atoms with Crippen molar-refractivity contribution in [3.63, 3.8) is 0 Å². The number of ether oxygens (including phenoxy) is 1. The second-order valence-corrected chi connectivity index (χ2v) is 8.69. The van der Waals surface area contributed by atoms with E-state index < -0.39 is 35.1 Å². The number of aliphatic hydroxyl groups is 2. The van der Waals surface area contributed by atoms with Gasteiger partial charge in [-0.3, -0.25) is 4.79 Å². The van der Waals surface area contributed by atoms with Crippen LogP contribution in [-0.2, 0) is 14.3 Å². The molecule has 0 aliphatic heterocycles. The standard InChI is InChI=1S/C20H28O5/c1-7-9(2)18(24)25-17-15(22)16(23)20(6)12-10(3)8-11(21)13(20)14(12)19(17,4)5/h7-8,12-17,22-23H,1-6H3/b9-7-/t12-,13+,14-,15-,16+,17+,20+/m0/s1. The molecule has 4 aliphatic rings. The molecule has 4 rings (SSSR count). The zero-order valence-corrected chi connectivity index (χ0v) is 15.7. The molecule has 3 saturated carbocycles. The quantitative estimate of drug-likeness (QED) is 0.589. The number of fused-ring (bicyclic) bond motifs is 3. The number of hydrogen-bond acceptors (Lipinski definition) is 5. The summed E-state index contributed by atoms with van der Waals surface area (Å²) < 4.78 is 5.65. The monoisotopic (exact) mass is 348 g/mol. The summed E-state index contributed by atoms with van der Waals surface area (Å²) in [6, 6.07) is 0. The van der Waals surface area contributed by atoms with E-state index in [9.17, 15) is 19.8 Å². The number of hydrogen-bond donors (Lipinski definition) is 2. The zero-order valence-electron chi connectivity index (χ0n) is 15.7. The van der Waals surface area contributed by atoms with Crippen molar-refractivity contribution in [1.82, 2.24) is 0 Å². The fourth-order valence-corrected chi connectivity index (χ4v) is 5.64. The number of aliphatic hydroxyl groups excluding tert-OH is 2. The smallest absolute Gasteiger partial charge is 0.333 e. The molecule has 0 aromatic carbocycles. The Morgan fingerprint density at radius 1 is 1.24 bits per heavy atom. The van der Waals surface area contributed by atoms with Crippen molar-refractivity contribution in [3.8, 4) is 0 Å². The Hall–Kier alpha value is -1.46. The van der Waals surface area contributed by atoms with Crippen LogP contribution in [0.15, 0.2) is 23.3 Å². The van der Waals surface area contributed by atoms with Crippen LogP contribution >= 0.6 is 0 Å². The van der Waals surface area contributed by atoms with Crippen LogP contribution < -0.4 is 0 Å². The highest BCUT2D eigenvalue weighted by atomic mass is 16.6. The van der Waals surface area contributed by atoms with Crippen LogP contribution in [0.3, 0.4) is 0 Å². The predicted molar refractivity (Wildman–Crippen MR) is 92.4 cm³/mol. The Kier molecular flexibility index (Phi) is 4.05. The number of ketones is 1. The van der Waals surface area contributed by atoms with Crippen molar-refractivity contribution in [2.24, 2.45) is 28.6 Å². The summed E-state index contributed by atoms with van der Waals surface area (Å²) in [6.07, 6.45) is 0.0879. The highest BCUT2D eigenvalue weighted by molar-refractivity contribution is 5.96. The molecule has 0 radical (unpaired) electrons. The summed E-state index contributed by atoms with van der Waals surface area (Å²) >= 11 is 0. The van der Waals surface area contributed by atoms with E-state index in [1.54, 1.807) is 26.0 Å². The molecule has 0 aromatic rings. The van der Waals surface area contributed by atoms with Crippen LogP contribution in [0.1, 0.15) is 41.5 Å². The normalized spacial score (nSPS) is 45.2. The maximum atomic E-state index is 12.7. The van der Waals surface area contributed by atoms with Crippen molar-refractivity contribution < 1.29 is 24.5 Å². The summed E-state index contributed by atoms with van der Waals surface area (Å²) in [5, 5.41) is 21.8. The highest BCUT2D eigenvalue weighted by Gasteiger charge is 2.75. The van der Waals surface area contributed by atoms with E-state index in [-0.39, 0.29) is 23.5 Å². The summed E-state index contributed by atoms with van der Waals surface area (Å²) in [5.41, 5.74) is 0.0397. The van der Waals surface area contributed by atoms with Gasteiger partial charge in [0.2, 0.25) is 0 Å². The average Bonchev–Trinajstić information content (AvgIpc) is 2.60. The lowest BCUT2D eigenvalue weighted by molar-refractivity contribution is -0.195. The van der Waals surface area contributed by atoms with Crippen LogP contribution in [0.2, 0.25) is 0 Å². The molecule has 5 heteroatoms. The third-order valence-electron chi connectivity index (χ3n) is 7.08. The van der Waals surface area contributed by atoms with Gasteiger partial charge in [-0.05, 0) is 38.7 Å². The van der Waals surface area contributed by atoms with E-state index in [4.69, 9.17) is 4.74 Å². The van der Waals surface area contributed by atoms with Crippen LogP contribution in [-0.4, -0.2) is 40.3 Å². The van der Waals surface area contributed by atoms with Gasteiger partial charge in [0, 0.05) is 22.3 Å². The number of esters is 1. The Morgan fingerprint density at radius 2 is 1.84 bits per heavy atom. The van der Waals surface area contributed by atoms with Crippen LogP contribution in [0.5, 0.6) is 0 Å². The lowest BCUT2D eigenvalue weighted by Gasteiger charge is -2.65. The van der Waals surface area contributed by atoms with Crippen LogP contribution in [0.25, 0.3) is 0 Å². The minimum absolute atomic E-state index is 0.00127. The second kappa shape index (κ2) is 5.52. The van der Waals surface area contributed by atoms with Gasteiger partial charge in [0.25, 0.3) is 0 Å². The van der Waals surface area contributed by atoms with Crippen molar-refractivity contribution in [2.75, 3.05) is 0 Å². The SMILES string of the molecule is C/C=C(/C)C(=O)O[C@@H]1[C@@H](O)[C@@H](O)[C@@]2(C)[C@@H]3C(=O)C=C(C)[C@H]2[C@@H]3C1(C)C. The van der Waals surface area contributed by atoms with Gasteiger partial charge in [-0.1, -0.05) is 32.4 Å². The third-order valence-corrected chi connectivity index (χ3v) is 7.08. The van der Waals surface area contributed by atoms with Gasteiger partial charge in [0.15, 0.2) is 5.78 Å². The van der Waals surface area contributed by atoms with E-state index >= 15 is 0 Å². The van der Waals surface area contributed by atoms with Gasteiger partial charge in [-0.25, -0.2) is 4.79 Å². The molecule has 3 fully saturated rings. The summed E-state index contributed by atoms with van der Waals surface area (Å²) in [4.78, 5) is 25.0. The fraction of sp³-hybridized carbons (Fsp3) is 0.700. The molecule has 7 atom stereocenters. The molecule has 4 bridgehead atoms. The summed E-state index contributed by atoms with van der Waals surface area (Å²) in [5.74, 6) is -0.914. The summed E-state index contributed by atoms with van der Waals surface area (Å²) in [6.45, 7) is 11.0. The molecule has 0 amide bonds. The first-order chi connectivity index (χ1) is 11.5. The molecule has 4 aliphatic carbocycles. The maximum Gasteiger partial charge on any atom is 0.333 e. The molecule has 25 heavy (non-hydrogen) atoms. The second-order valence-electron chi connectivity index (χ2n) is 8.69. The van der Waals surface area contributed by atoms with Gasteiger partial charge >= 0.3 is 5.97 Å². The fourth-order valence-electron chi connectivity index (χ4n) is 5.64. The van der Waals surface area contributed by atoms with E-state index in [0.29, 0.717) is 5.57 Å². The summed E-state index contributed by atoms with van der Waals surface area (Å²) in [7, 11) is 0. The lowest BCUT2D eigenvalue weighted by atomic mass is 9.37. The molecular formula is C20H28O5. The Labute approximate surface area is 148 Å². The number of allylic oxidation sites excluding steroid dienone is 3. The van der Waals surface area contributed by atoms with Gasteiger partial charge in [-0.2, -0.15) is 0 Å². The van der Waals surface area contributed by atoms with Gasteiger partial charge in [-0.15, -0.1) is 0 Å². The third kappa shape index (κ3) is 2.15. The van der Waals surface area contributed by atoms with Gasteiger partial charge in [0.1, 0.15) is 12.2 Å². The maximum absolute atomic E-state index is 12.7. The van der Waals surface area contributed by atoms with E-state index in [2.05, 4.69) is 0 Å². The van der Waals surface area contributed by atoms with Crippen molar-refractivity contribution in [1.29, 1.82) is 0 Å². The zero-order chi connectivity index (χ0) is 18.9. The molecular weight excluding hydrogens is 320 g/mol. The van der Waals surface area contributed by atoms with Crippen molar-refractivity contribution in [2.45, 2.75) is 59.9 Å². The first-order valence-corrected chi connectivity index (χ1v) is 8.91. The molecule has 0 aromatic heterocycles. The number of rotatable bonds is 2. The van der Waals surface area contributed by atoms with Crippen molar-refractivity contribution >= 4 is 11.8 Å². The van der Waals surface area contributed by atoms with Crippen molar-refractivity contribution in [3.05, 3.63) is 23.3 Å². The minimum atomic E-state index is -1.23. The van der Waals surface area contributed by atoms with E-state index in [1.165, 1.54) is 0 Å². The van der Waals surface area contributed by atoms with E-state index in [0.717, 1.165) is 5.57 Å². The Balaban J connectivity index is 2.07. The average molecular weight is 348 g/mol. The number of carbonyl (C=O) groups excluding carboxylic acids is 2. The highest BCUT2D eigenvalue weighted by Crippen LogP contribution is 2.71. The Bertz CT molecular complexity index is 688. The first-order valence-electron chi connectivity index (χ1n) is 8.91. The topological polar surface area (TPSA) is 83.8 Å². The van der Waals surface area contributed by atoms with Crippen LogP contribution in [0, 0.1) is 28.6 Å². The van der Waals surface area contributed by atoms with Gasteiger partial charge in [0.05, 0.1) is 6.10 Å². The Morgan fingerprint density at radius 3 is 2.36 bits per heavy atom. The van der Waals surface area contributed by atoms with Gasteiger partial charge < -0.3 is 14.9 Å². The van der Waals surface area contributed by atoms with E-state index in [1.807, 2.05) is 27.7 Å².